The van der Waals surface area contributed by atoms with Gasteiger partial charge in [0.1, 0.15) is 0 Å². The minimum atomic E-state index is -0.665. The summed E-state index contributed by atoms with van der Waals surface area (Å²) < 4.78 is 10.3. The van der Waals surface area contributed by atoms with Crippen LogP contribution in [0.4, 0.5) is 0 Å². The van der Waals surface area contributed by atoms with Crippen molar-refractivity contribution in [3.8, 4) is 11.5 Å². The fourth-order valence-corrected chi connectivity index (χ4v) is 1.40. The van der Waals surface area contributed by atoms with Gasteiger partial charge in [0, 0.05) is 16.9 Å². The largest absolute Gasteiger partial charge is 0.462 e. The van der Waals surface area contributed by atoms with Crippen LogP contribution in [0.25, 0.3) is 11.5 Å². The third-order valence-electron chi connectivity index (χ3n) is 1.74. The first-order chi connectivity index (χ1) is 7.70. The SMILES string of the molecule is COC(=O)c1nnc(-c2cncc(Br)c2)o1. The van der Waals surface area contributed by atoms with Crippen LogP contribution in [0.5, 0.6) is 0 Å². The lowest BCUT2D eigenvalue weighted by Crippen LogP contribution is -2.00. The minimum Gasteiger partial charge on any atom is -0.462 e. The maximum Gasteiger partial charge on any atom is 0.396 e. The Bertz CT molecular complexity index is 526. The number of hydrogen-bond donors (Lipinski definition) is 0. The smallest absolute Gasteiger partial charge is 0.396 e. The maximum atomic E-state index is 11.1. The monoisotopic (exact) mass is 283 g/mol. The highest BCUT2D eigenvalue weighted by Gasteiger charge is 2.16. The number of halogens is 1. The van der Waals surface area contributed by atoms with Gasteiger partial charge < -0.3 is 9.15 Å². The van der Waals surface area contributed by atoms with Gasteiger partial charge >= 0.3 is 11.9 Å². The highest BCUT2D eigenvalue weighted by molar-refractivity contribution is 9.10. The van der Waals surface area contributed by atoms with Crippen LogP contribution in [0.3, 0.4) is 0 Å². The second-order valence-corrected chi connectivity index (χ2v) is 3.71. The zero-order chi connectivity index (χ0) is 11.5. The van der Waals surface area contributed by atoms with Gasteiger partial charge in [-0.15, -0.1) is 10.2 Å². The summed E-state index contributed by atoms with van der Waals surface area (Å²) in [5, 5.41) is 7.28. The summed E-state index contributed by atoms with van der Waals surface area (Å²) in [6, 6.07) is 1.75. The Balaban J connectivity index is 2.35. The molecule has 0 radical (unpaired) electrons. The topological polar surface area (TPSA) is 78.1 Å². The van der Waals surface area contributed by atoms with Gasteiger partial charge in [-0.1, -0.05) is 0 Å². The number of ether oxygens (including phenoxy) is 1. The fraction of sp³-hybridized carbons (Fsp3) is 0.111. The number of rotatable bonds is 2. The standard InChI is InChI=1S/C9H6BrN3O3/c1-15-9(14)8-13-12-7(16-8)5-2-6(10)4-11-3-5/h2-4H,1H3. The van der Waals surface area contributed by atoms with Crippen LogP contribution in [0.15, 0.2) is 27.3 Å². The van der Waals surface area contributed by atoms with E-state index in [9.17, 15) is 4.79 Å². The van der Waals surface area contributed by atoms with Crippen molar-refractivity contribution in [1.29, 1.82) is 0 Å². The molecule has 0 aliphatic heterocycles. The molecule has 0 unspecified atom stereocenters. The van der Waals surface area contributed by atoms with Gasteiger partial charge in [-0.2, -0.15) is 0 Å². The molecule has 2 heterocycles. The summed E-state index contributed by atoms with van der Waals surface area (Å²) in [7, 11) is 1.24. The van der Waals surface area contributed by atoms with Gasteiger partial charge in [-0.25, -0.2) is 4.79 Å². The van der Waals surface area contributed by atoms with Crippen molar-refractivity contribution >= 4 is 21.9 Å². The molecule has 6 nitrogen and oxygen atoms in total. The Kier molecular flexibility index (Phi) is 2.95. The molecule has 0 atom stereocenters. The van der Waals surface area contributed by atoms with E-state index in [4.69, 9.17) is 4.42 Å². The normalized spacial score (nSPS) is 10.1. The second kappa shape index (κ2) is 4.40. The van der Waals surface area contributed by atoms with Gasteiger partial charge in [-0.05, 0) is 22.0 Å². The molecule has 16 heavy (non-hydrogen) atoms. The van der Waals surface area contributed by atoms with E-state index in [0.717, 1.165) is 4.47 Å². The van der Waals surface area contributed by atoms with E-state index in [0.29, 0.717) is 5.56 Å². The molecule has 2 aromatic heterocycles. The molecule has 0 aromatic carbocycles. The summed E-state index contributed by atoms with van der Waals surface area (Å²) in [5.74, 6) is -0.631. The highest BCUT2D eigenvalue weighted by atomic mass is 79.9. The van der Waals surface area contributed by atoms with Crippen LogP contribution in [0.1, 0.15) is 10.7 Å². The zero-order valence-corrected chi connectivity index (χ0v) is 9.76. The van der Waals surface area contributed by atoms with Crippen LogP contribution in [0.2, 0.25) is 0 Å². The summed E-state index contributed by atoms with van der Waals surface area (Å²) in [6.07, 6.45) is 3.18. The summed E-state index contributed by atoms with van der Waals surface area (Å²) in [4.78, 5) is 15.0. The third kappa shape index (κ3) is 2.08. The van der Waals surface area contributed by atoms with Crippen molar-refractivity contribution in [2.24, 2.45) is 0 Å². The van der Waals surface area contributed by atoms with E-state index in [2.05, 4.69) is 35.8 Å². The van der Waals surface area contributed by atoms with Gasteiger partial charge in [0.15, 0.2) is 0 Å². The van der Waals surface area contributed by atoms with Crippen molar-refractivity contribution in [3.05, 3.63) is 28.8 Å². The summed E-state index contributed by atoms with van der Waals surface area (Å²) >= 11 is 3.26. The van der Waals surface area contributed by atoms with Gasteiger partial charge in [0.2, 0.25) is 5.89 Å². The maximum absolute atomic E-state index is 11.1. The minimum absolute atomic E-state index is 0.183. The van der Waals surface area contributed by atoms with Gasteiger partial charge in [-0.3, -0.25) is 4.98 Å². The van der Waals surface area contributed by atoms with Crippen molar-refractivity contribution in [3.63, 3.8) is 0 Å². The first kappa shape index (κ1) is 10.7. The molecule has 0 saturated carbocycles. The molecule has 0 fully saturated rings. The van der Waals surface area contributed by atoms with Crippen molar-refractivity contribution < 1.29 is 13.9 Å². The molecular formula is C9H6BrN3O3. The lowest BCUT2D eigenvalue weighted by Gasteiger charge is -1.94. The summed E-state index contributed by atoms with van der Waals surface area (Å²) in [5.41, 5.74) is 0.622. The van der Waals surface area contributed by atoms with Gasteiger partial charge in [0.25, 0.3) is 0 Å². The number of aromatic nitrogens is 3. The molecule has 0 saturated heterocycles. The molecule has 7 heteroatoms. The Morgan fingerprint density at radius 3 is 2.94 bits per heavy atom. The van der Waals surface area contributed by atoms with E-state index in [-0.39, 0.29) is 11.8 Å². The Morgan fingerprint density at radius 2 is 2.25 bits per heavy atom. The molecule has 0 aliphatic rings. The van der Waals surface area contributed by atoms with Crippen LogP contribution in [0, 0.1) is 0 Å². The van der Waals surface area contributed by atoms with E-state index in [1.54, 1.807) is 18.5 Å². The molecule has 0 N–H and O–H groups in total. The number of hydrogen-bond acceptors (Lipinski definition) is 6. The lowest BCUT2D eigenvalue weighted by atomic mass is 10.3. The van der Waals surface area contributed by atoms with E-state index in [1.807, 2.05) is 0 Å². The predicted molar refractivity (Wildman–Crippen MR) is 56.6 cm³/mol. The molecule has 0 bridgehead atoms. The number of esters is 1. The number of nitrogens with zero attached hydrogens (tertiary/aromatic N) is 3. The zero-order valence-electron chi connectivity index (χ0n) is 8.18. The molecule has 82 valence electrons. The third-order valence-corrected chi connectivity index (χ3v) is 2.17. The average Bonchev–Trinajstić information content (AvgIpc) is 2.77. The first-order valence-electron chi connectivity index (χ1n) is 4.23. The Hall–Kier alpha value is -1.76. The van der Waals surface area contributed by atoms with Crippen LogP contribution in [-0.2, 0) is 4.74 Å². The van der Waals surface area contributed by atoms with Crippen molar-refractivity contribution in [1.82, 2.24) is 15.2 Å². The van der Waals surface area contributed by atoms with Crippen LogP contribution < -0.4 is 0 Å². The molecule has 2 aromatic rings. The molecule has 0 aliphatic carbocycles. The van der Waals surface area contributed by atoms with Crippen LogP contribution >= 0.6 is 15.9 Å². The van der Waals surface area contributed by atoms with Crippen molar-refractivity contribution in [2.75, 3.05) is 7.11 Å². The lowest BCUT2D eigenvalue weighted by molar-refractivity contribution is 0.0556. The summed E-state index contributed by atoms with van der Waals surface area (Å²) in [6.45, 7) is 0. The molecule has 0 spiro atoms. The van der Waals surface area contributed by atoms with Crippen LogP contribution in [-0.4, -0.2) is 28.3 Å². The number of carbonyl (C=O) groups excluding carboxylic acids is 1. The second-order valence-electron chi connectivity index (χ2n) is 2.80. The fourth-order valence-electron chi connectivity index (χ4n) is 1.04. The van der Waals surface area contributed by atoms with E-state index in [1.165, 1.54) is 7.11 Å². The van der Waals surface area contributed by atoms with Gasteiger partial charge in [0.05, 0.1) is 12.7 Å². The Labute approximate surface area is 98.8 Å². The first-order valence-corrected chi connectivity index (χ1v) is 5.03. The number of pyridine rings is 1. The van der Waals surface area contributed by atoms with E-state index < -0.39 is 5.97 Å². The number of methoxy groups -OCH3 is 1. The predicted octanol–water partition coefficient (Wildman–Crippen LogP) is 1.68. The Morgan fingerprint density at radius 1 is 1.44 bits per heavy atom. The van der Waals surface area contributed by atoms with E-state index >= 15 is 0 Å². The quantitative estimate of drug-likeness (QED) is 0.781. The molecular weight excluding hydrogens is 278 g/mol. The highest BCUT2D eigenvalue weighted by Crippen LogP contribution is 2.20. The molecule has 0 amide bonds. The molecule has 2 rings (SSSR count). The number of carbonyl (C=O) groups is 1. The van der Waals surface area contributed by atoms with Crippen molar-refractivity contribution in [2.45, 2.75) is 0 Å². The average molecular weight is 284 g/mol.